The first-order valence-corrected chi connectivity index (χ1v) is 8.12. The fourth-order valence-corrected chi connectivity index (χ4v) is 2.13. The van der Waals surface area contributed by atoms with E-state index < -0.39 is 23.8 Å². The third-order valence-electron chi connectivity index (χ3n) is 3.43. The molecule has 0 aliphatic carbocycles. The number of carboxylic acids is 1. The lowest BCUT2D eigenvalue weighted by Gasteiger charge is -2.13. The normalized spacial score (nSPS) is 12.2. The Balaban J connectivity index is 2.28. The van der Waals surface area contributed by atoms with E-state index in [1.165, 1.54) is 13.0 Å². The Bertz CT molecular complexity index is 832. The molecule has 0 saturated carbocycles. The molecule has 0 radical (unpaired) electrons. The molecule has 7 heteroatoms. The van der Waals surface area contributed by atoms with Gasteiger partial charge in [-0.1, -0.05) is 41.9 Å². The molecule has 0 saturated heterocycles. The van der Waals surface area contributed by atoms with Gasteiger partial charge in [-0.2, -0.15) is 0 Å². The van der Waals surface area contributed by atoms with E-state index in [4.69, 9.17) is 16.7 Å². The largest absolute Gasteiger partial charge is 0.480 e. The molecular formula is C19H17ClN2O4. The Kier molecular flexibility index (Phi) is 6.52. The summed E-state index contributed by atoms with van der Waals surface area (Å²) in [6, 6.07) is 13.9. The van der Waals surface area contributed by atoms with Crippen LogP contribution in [-0.2, 0) is 9.59 Å². The average molecular weight is 373 g/mol. The van der Waals surface area contributed by atoms with Crippen molar-refractivity contribution in [1.82, 2.24) is 10.6 Å². The van der Waals surface area contributed by atoms with E-state index in [1.54, 1.807) is 54.6 Å². The Labute approximate surface area is 155 Å². The van der Waals surface area contributed by atoms with Crippen LogP contribution >= 0.6 is 11.6 Å². The first-order chi connectivity index (χ1) is 12.4. The summed E-state index contributed by atoms with van der Waals surface area (Å²) in [5, 5.41) is 14.3. The Morgan fingerprint density at radius 2 is 1.65 bits per heavy atom. The fraction of sp³-hybridized carbons (Fsp3) is 0.105. The number of rotatable bonds is 6. The van der Waals surface area contributed by atoms with Gasteiger partial charge in [0.2, 0.25) is 0 Å². The van der Waals surface area contributed by atoms with Crippen LogP contribution in [0, 0.1) is 0 Å². The van der Waals surface area contributed by atoms with Crippen molar-refractivity contribution < 1.29 is 19.5 Å². The second-order valence-corrected chi connectivity index (χ2v) is 5.90. The Hall–Kier alpha value is -3.12. The summed E-state index contributed by atoms with van der Waals surface area (Å²) < 4.78 is 0. The monoisotopic (exact) mass is 372 g/mol. The standard InChI is InChI=1S/C19H17ClN2O4/c1-12(19(25)26)21-18(24)16(11-13-7-9-15(20)10-8-13)22-17(23)14-5-3-2-4-6-14/h2-12H,1H3,(H,21,24)(H,22,23)(H,25,26)/b16-11+. The van der Waals surface area contributed by atoms with Crippen molar-refractivity contribution in [3.05, 3.63) is 76.4 Å². The topological polar surface area (TPSA) is 95.5 Å². The van der Waals surface area contributed by atoms with Crippen molar-refractivity contribution in [2.75, 3.05) is 0 Å². The molecule has 2 aromatic carbocycles. The summed E-state index contributed by atoms with van der Waals surface area (Å²) in [5.74, 6) is -2.37. The van der Waals surface area contributed by atoms with Crippen molar-refractivity contribution in [2.45, 2.75) is 13.0 Å². The number of nitrogens with one attached hydrogen (secondary N) is 2. The zero-order valence-corrected chi connectivity index (χ0v) is 14.7. The highest BCUT2D eigenvalue weighted by Crippen LogP contribution is 2.12. The molecule has 2 aromatic rings. The zero-order valence-electron chi connectivity index (χ0n) is 13.9. The van der Waals surface area contributed by atoms with Crippen molar-refractivity contribution in [3.63, 3.8) is 0 Å². The maximum Gasteiger partial charge on any atom is 0.325 e. The van der Waals surface area contributed by atoms with Gasteiger partial charge in [0.1, 0.15) is 11.7 Å². The van der Waals surface area contributed by atoms with Crippen LogP contribution in [0.2, 0.25) is 5.02 Å². The number of carbonyl (C=O) groups is 3. The minimum absolute atomic E-state index is 0.0747. The molecular weight excluding hydrogens is 356 g/mol. The smallest absolute Gasteiger partial charge is 0.325 e. The van der Waals surface area contributed by atoms with Gasteiger partial charge in [0, 0.05) is 10.6 Å². The van der Waals surface area contributed by atoms with Crippen LogP contribution < -0.4 is 10.6 Å². The Morgan fingerprint density at radius 3 is 2.23 bits per heavy atom. The molecule has 0 fully saturated rings. The summed E-state index contributed by atoms with van der Waals surface area (Å²) in [5.41, 5.74) is 0.916. The third-order valence-corrected chi connectivity index (χ3v) is 3.68. The van der Waals surface area contributed by atoms with Crippen LogP contribution in [0.3, 0.4) is 0 Å². The molecule has 1 atom stereocenters. The first-order valence-electron chi connectivity index (χ1n) is 7.74. The van der Waals surface area contributed by atoms with Crippen LogP contribution in [0.1, 0.15) is 22.8 Å². The molecule has 0 spiro atoms. The molecule has 6 nitrogen and oxygen atoms in total. The summed E-state index contributed by atoms with van der Waals surface area (Å²) >= 11 is 5.84. The van der Waals surface area contributed by atoms with Crippen LogP contribution in [0.25, 0.3) is 6.08 Å². The highest BCUT2D eigenvalue weighted by atomic mass is 35.5. The van der Waals surface area contributed by atoms with Crippen molar-refractivity contribution in [3.8, 4) is 0 Å². The van der Waals surface area contributed by atoms with Gasteiger partial charge in [-0.25, -0.2) is 0 Å². The second-order valence-electron chi connectivity index (χ2n) is 5.46. The van der Waals surface area contributed by atoms with Gasteiger partial charge in [-0.3, -0.25) is 14.4 Å². The van der Waals surface area contributed by atoms with E-state index in [1.807, 2.05) is 0 Å². The van der Waals surface area contributed by atoms with Gasteiger partial charge in [0.05, 0.1) is 0 Å². The minimum Gasteiger partial charge on any atom is -0.480 e. The lowest BCUT2D eigenvalue weighted by molar-refractivity contribution is -0.140. The predicted molar refractivity (Wildman–Crippen MR) is 98.6 cm³/mol. The first kappa shape index (κ1) is 19.2. The van der Waals surface area contributed by atoms with Crippen LogP contribution in [0.4, 0.5) is 0 Å². The van der Waals surface area contributed by atoms with Crippen molar-refractivity contribution in [1.29, 1.82) is 0 Å². The van der Waals surface area contributed by atoms with Crippen LogP contribution in [0.5, 0.6) is 0 Å². The van der Waals surface area contributed by atoms with Gasteiger partial charge >= 0.3 is 5.97 Å². The van der Waals surface area contributed by atoms with E-state index in [0.29, 0.717) is 16.1 Å². The minimum atomic E-state index is -1.18. The number of benzene rings is 2. The number of halogens is 1. The maximum atomic E-state index is 12.4. The number of hydrogen-bond acceptors (Lipinski definition) is 3. The summed E-state index contributed by atoms with van der Waals surface area (Å²) in [6.07, 6.45) is 1.45. The number of aliphatic carboxylic acids is 1. The van der Waals surface area contributed by atoms with E-state index in [-0.39, 0.29) is 5.70 Å². The van der Waals surface area contributed by atoms with Crippen molar-refractivity contribution >= 4 is 35.5 Å². The predicted octanol–water partition coefficient (Wildman–Crippen LogP) is 2.70. The third kappa shape index (κ3) is 5.46. The average Bonchev–Trinajstić information content (AvgIpc) is 2.63. The van der Waals surface area contributed by atoms with E-state index >= 15 is 0 Å². The second kappa shape index (κ2) is 8.82. The molecule has 0 bridgehead atoms. The lowest BCUT2D eigenvalue weighted by atomic mass is 10.1. The number of carboxylic acid groups (broad SMARTS) is 1. The fourth-order valence-electron chi connectivity index (χ4n) is 2.00. The quantitative estimate of drug-likeness (QED) is 0.679. The summed E-state index contributed by atoms with van der Waals surface area (Å²) in [6.45, 7) is 1.33. The van der Waals surface area contributed by atoms with Gasteiger partial charge in [0.15, 0.2) is 0 Å². The van der Waals surface area contributed by atoms with Crippen LogP contribution in [-0.4, -0.2) is 28.9 Å². The zero-order chi connectivity index (χ0) is 19.1. The number of amides is 2. The highest BCUT2D eigenvalue weighted by molar-refractivity contribution is 6.30. The molecule has 0 heterocycles. The molecule has 1 unspecified atom stereocenters. The van der Waals surface area contributed by atoms with E-state index in [9.17, 15) is 14.4 Å². The molecule has 2 amide bonds. The van der Waals surface area contributed by atoms with E-state index in [2.05, 4.69) is 10.6 Å². The summed E-state index contributed by atoms with van der Waals surface area (Å²) in [4.78, 5) is 35.7. The SMILES string of the molecule is CC(NC(=O)/C(=C\c1ccc(Cl)cc1)NC(=O)c1ccccc1)C(=O)O. The lowest BCUT2D eigenvalue weighted by Crippen LogP contribution is -2.42. The number of hydrogen-bond donors (Lipinski definition) is 3. The number of carbonyl (C=O) groups excluding carboxylic acids is 2. The molecule has 2 rings (SSSR count). The molecule has 134 valence electrons. The summed E-state index contributed by atoms with van der Waals surface area (Å²) in [7, 11) is 0. The van der Waals surface area contributed by atoms with Gasteiger partial charge in [0.25, 0.3) is 11.8 Å². The molecule has 0 aliphatic heterocycles. The molecule has 0 aliphatic rings. The van der Waals surface area contributed by atoms with E-state index in [0.717, 1.165) is 0 Å². The maximum absolute atomic E-state index is 12.4. The highest BCUT2D eigenvalue weighted by Gasteiger charge is 2.19. The van der Waals surface area contributed by atoms with Gasteiger partial charge in [-0.15, -0.1) is 0 Å². The van der Waals surface area contributed by atoms with Gasteiger partial charge in [-0.05, 0) is 42.8 Å². The molecule has 0 aromatic heterocycles. The molecule has 3 N–H and O–H groups in total. The van der Waals surface area contributed by atoms with Crippen molar-refractivity contribution in [2.24, 2.45) is 0 Å². The van der Waals surface area contributed by atoms with Crippen LogP contribution in [0.15, 0.2) is 60.3 Å². The van der Waals surface area contributed by atoms with Gasteiger partial charge < -0.3 is 15.7 Å². The molecule has 26 heavy (non-hydrogen) atoms. The Morgan fingerprint density at radius 1 is 1.04 bits per heavy atom.